The Morgan fingerprint density at radius 1 is 1.73 bits per heavy atom. The Morgan fingerprint density at radius 2 is 2.64 bits per heavy atom. The molecule has 0 saturated carbocycles. The number of allylic oxidation sites excluding steroid dienone is 1. The summed E-state index contributed by atoms with van der Waals surface area (Å²) in [5, 5.41) is 3.23. The zero-order chi connectivity index (χ0) is 7.94. The molecule has 0 spiro atoms. The highest BCUT2D eigenvalue weighted by molar-refractivity contribution is 4.70. The summed E-state index contributed by atoms with van der Waals surface area (Å²) in [5.41, 5.74) is 0. The second kappa shape index (κ2) is 5.16. The summed E-state index contributed by atoms with van der Waals surface area (Å²) in [5.74, 6) is 0. The molecule has 1 unspecified atom stereocenters. The van der Waals surface area contributed by atoms with Crippen molar-refractivity contribution >= 4 is 0 Å². The Labute approximate surface area is 67.4 Å². The predicted molar refractivity (Wildman–Crippen MR) is 43.4 cm³/mol. The van der Waals surface area contributed by atoms with Crippen LogP contribution in [0.5, 0.6) is 0 Å². The third-order valence-corrected chi connectivity index (χ3v) is 1.52. The van der Waals surface area contributed by atoms with E-state index in [2.05, 4.69) is 5.32 Å². The summed E-state index contributed by atoms with van der Waals surface area (Å²) in [6, 6.07) is 0. The number of morpholine rings is 1. The monoisotopic (exact) mass is 157 g/mol. The first-order chi connectivity index (χ1) is 5.43. The van der Waals surface area contributed by atoms with Crippen LogP contribution in [0.3, 0.4) is 0 Å². The van der Waals surface area contributed by atoms with Crippen molar-refractivity contribution in [1.29, 1.82) is 0 Å². The average molecular weight is 157 g/mol. The van der Waals surface area contributed by atoms with Crippen LogP contribution in [0, 0.1) is 0 Å². The smallest absolute Gasteiger partial charge is 0.115 e. The Kier molecular flexibility index (Phi) is 4.01. The molecule has 11 heavy (non-hydrogen) atoms. The van der Waals surface area contributed by atoms with E-state index in [4.69, 9.17) is 9.47 Å². The fourth-order valence-corrected chi connectivity index (χ4v) is 0.986. The molecule has 1 aliphatic heterocycles. The summed E-state index contributed by atoms with van der Waals surface area (Å²) in [7, 11) is 0. The van der Waals surface area contributed by atoms with E-state index in [-0.39, 0.29) is 6.10 Å². The van der Waals surface area contributed by atoms with Gasteiger partial charge >= 0.3 is 0 Å². The van der Waals surface area contributed by atoms with Crippen LogP contribution in [0.15, 0.2) is 12.3 Å². The maximum atomic E-state index is 5.40. The van der Waals surface area contributed by atoms with Crippen molar-refractivity contribution in [2.45, 2.75) is 13.0 Å². The van der Waals surface area contributed by atoms with Gasteiger partial charge in [-0.3, -0.25) is 0 Å². The minimum Gasteiger partial charge on any atom is -0.499 e. The second-order valence-corrected chi connectivity index (χ2v) is 2.50. The molecule has 0 aliphatic carbocycles. The van der Waals surface area contributed by atoms with Crippen LogP contribution < -0.4 is 5.32 Å². The molecule has 0 amide bonds. The van der Waals surface area contributed by atoms with Crippen molar-refractivity contribution in [2.24, 2.45) is 0 Å². The lowest BCUT2D eigenvalue weighted by atomic mass is 10.3. The molecule has 3 nitrogen and oxygen atoms in total. The van der Waals surface area contributed by atoms with Gasteiger partial charge in [-0.05, 0) is 6.92 Å². The molecule has 1 N–H and O–H groups in total. The van der Waals surface area contributed by atoms with Crippen molar-refractivity contribution in [3.63, 3.8) is 0 Å². The van der Waals surface area contributed by atoms with Crippen LogP contribution >= 0.6 is 0 Å². The summed E-state index contributed by atoms with van der Waals surface area (Å²) >= 11 is 0. The maximum Gasteiger partial charge on any atom is 0.115 e. The molecule has 1 fully saturated rings. The van der Waals surface area contributed by atoms with E-state index in [0.717, 1.165) is 19.7 Å². The third-order valence-electron chi connectivity index (χ3n) is 1.52. The van der Waals surface area contributed by atoms with Crippen LogP contribution in [0.2, 0.25) is 0 Å². The van der Waals surface area contributed by atoms with Crippen LogP contribution in [0.1, 0.15) is 6.92 Å². The normalized spacial score (nSPS) is 25.7. The molecule has 0 aromatic heterocycles. The fraction of sp³-hybridized carbons (Fsp3) is 0.750. The molecule has 0 aromatic rings. The summed E-state index contributed by atoms with van der Waals surface area (Å²) in [4.78, 5) is 0. The van der Waals surface area contributed by atoms with Gasteiger partial charge in [0.2, 0.25) is 0 Å². The first-order valence-corrected chi connectivity index (χ1v) is 3.98. The fourth-order valence-electron chi connectivity index (χ4n) is 0.986. The van der Waals surface area contributed by atoms with Gasteiger partial charge in [-0.25, -0.2) is 0 Å². The minimum absolute atomic E-state index is 0.222. The summed E-state index contributed by atoms with van der Waals surface area (Å²) in [6.07, 6.45) is 3.79. The molecule has 1 aliphatic rings. The molecule has 64 valence electrons. The van der Waals surface area contributed by atoms with Gasteiger partial charge in [-0.2, -0.15) is 0 Å². The molecule has 1 atom stereocenters. The highest BCUT2D eigenvalue weighted by Crippen LogP contribution is 1.96. The van der Waals surface area contributed by atoms with Gasteiger partial charge in [0.15, 0.2) is 0 Å². The number of ether oxygens (including phenoxy) is 2. The van der Waals surface area contributed by atoms with E-state index >= 15 is 0 Å². The molecule has 3 heteroatoms. The van der Waals surface area contributed by atoms with E-state index in [1.165, 1.54) is 0 Å². The predicted octanol–water partition coefficient (Wildman–Crippen LogP) is 0.525. The highest BCUT2D eigenvalue weighted by atomic mass is 16.5. The first kappa shape index (κ1) is 8.56. The van der Waals surface area contributed by atoms with Gasteiger partial charge in [0.1, 0.15) is 12.7 Å². The Hall–Kier alpha value is -0.540. The van der Waals surface area contributed by atoms with Crippen molar-refractivity contribution < 1.29 is 9.47 Å². The van der Waals surface area contributed by atoms with E-state index in [1.54, 1.807) is 6.26 Å². The van der Waals surface area contributed by atoms with Crippen molar-refractivity contribution in [3.8, 4) is 0 Å². The quantitative estimate of drug-likeness (QED) is 0.606. The van der Waals surface area contributed by atoms with Crippen molar-refractivity contribution in [1.82, 2.24) is 5.32 Å². The first-order valence-electron chi connectivity index (χ1n) is 3.98. The van der Waals surface area contributed by atoms with Gasteiger partial charge in [0.25, 0.3) is 0 Å². The van der Waals surface area contributed by atoms with E-state index in [0.29, 0.717) is 6.61 Å². The maximum absolute atomic E-state index is 5.40. The molecule has 1 saturated heterocycles. The Balaban J connectivity index is 2.04. The standard InChI is InChI=1S/C8H15NO2/c1-2-4-10-7-8-6-9-3-5-11-8/h2,4,8-9H,3,5-7H2,1H3. The average Bonchev–Trinajstić information content (AvgIpc) is 2.07. The lowest BCUT2D eigenvalue weighted by Crippen LogP contribution is -2.40. The zero-order valence-corrected chi connectivity index (χ0v) is 6.88. The molecular formula is C8H15NO2. The van der Waals surface area contributed by atoms with Gasteiger partial charge in [0.05, 0.1) is 12.9 Å². The van der Waals surface area contributed by atoms with Gasteiger partial charge < -0.3 is 14.8 Å². The molecule has 0 bridgehead atoms. The molecule has 1 rings (SSSR count). The summed E-state index contributed by atoms with van der Waals surface area (Å²) in [6.45, 7) is 5.23. The van der Waals surface area contributed by atoms with E-state index < -0.39 is 0 Å². The Bertz CT molecular complexity index is 119. The lowest BCUT2D eigenvalue weighted by Gasteiger charge is -2.22. The molecule has 1 heterocycles. The van der Waals surface area contributed by atoms with Crippen molar-refractivity contribution in [2.75, 3.05) is 26.3 Å². The minimum atomic E-state index is 0.222. The number of rotatable bonds is 3. The molecule has 0 aromatic carbocycles. The molecular weight excluding hydrogens is 142 g/mol. The SMILES string of the molecule is CC=COCC1CNCCO1. The van der Waals surface area contributed by atoms with Gasteiger partial charge in [-0.15, -0.1) is 0 Å². The number of hydrogen-bond acceptors (Lipinski definition) is 3. The van der Waals surface area contributed by atoms with Crippen LogP contribution in [-0.4, -0.2) is 32.4 Å². The van der Waals surface area contributed by atoms with Crippen molar-refractivity contribution in [3.05, 3.63) is 12.3 Å². The van der Waals surface area contributed by atoms with E-state index in [1.807, 2.05) is 13.0 Å². The molecule has 0 radical (unpaired) electrons. The number of hydrogen-bond donors (Lipinski definition) is 1. The third kappa shape index (κ3) is 3.39. The zero-order valence-electron chi connectivity index (χ0n) is 6.88. The van der Waals surface area contributed by atoms with Crippen LogP contribution in [0.4, 0.5) is 0 Å². The van der Waals surface area contributed by atoms with Gasteiger partial charge in [-0.1, -0.05) is 6.08 Å². The summed E-state index contributed by atoms with van der Waals surface area (Å²) < 4.78 is 10.6. The number of nitrogens with one attached hydrogen (secondary N) is 1. The topological polar surface area (TPSA) is 30.5 Å². The highest BCUT2D eigenvalue weighted by Gasteiger charge is 2.12. The van der Waals surface area contributed by atoms with Gasteiger partial charge in [0, 0.05) is 13.1 Å². The second-order valence-electron chi connectivity index (χ2n) is 2.50. The van der Waals surface area contributed by atoms with Crippen LogP contribution in [0.25, 0.3) is 0 Å². The Morgan fingerprint density at radius 3 is 3.27 bits per heavy atom. The lowest BCUT2D eigenvalue weighted by molar-refractivity contribution is -0.0102. The van der Waals surface area contributed by atoms with E-state index in [9.17, 15) is 0 Å². The largest absolute Gasteiger partial charge is 0.499 e. The van der Waals surface area contributed by atoms with Crippen LogP contribution in [-0.2, 0) is 9.47 Å².